The summed E-state index contributed by atoms with van der Waals surface area (Å²) in [6.07, 6.45) is 4.00. The number of aromatic nitrogens is 3. The van der Waals surface area contributed by atoms with E-state index in [4.69, 9.17) is 17.3 Å². The van der Waals surface area contributed by atoms with Crippen LogP contribution in [0.3, 0.4) is 0 Å². The Morgan fingerprint density at radius 2 is 2.24 bits per heavy atom. The smallest absolute Gasteiger partial charge is 0.126 e. The van der Waals surface area contributed by atoms with Crippen molar-refractivity contribution < 1.29 is 0 Å². The largest absolute Gasteiger partial charge is 0.383 e. The summed E-state index contributed by atoms with van der Waals surface area (Å²) in [5, 5.41) is 4.93. The lowest BCUT2D eigenvalue weighted by Crippen LogP contribution is -2.09. The first-order chi connectivity index (χ1) is 8.09. The molecule has 2 heterocycles. The minimum Gasteiger partial charge on any atom is -0.383 e. The summed E-state index contributed by atoms with van der Waals surface area (Å²) >= 11 is 6.15. The number of hydrogen-bond donors (Lipinski definition) is 1. The lowest BCUT2D eigenvalue weighted by Gasteiger charge is -2.12. The van der Waals surface area contributed by atoms with Crippen molar-refractivity contribution in [3.8, 4) is 0 Å². The van der Waals surface area contributed by atoms with Crippen molar-refractivity contribution >= 4 is 17.4 Å². The molecule has 0 atom stereocenters. The van der Waals surface area contributed by atoms with Gasteiger partial charge in [0, 0.05) is 24.2 Å². The van der Waals surface area contributed by atoms with Crippen molar-refractivity contribution in [1.82, 2.24) is 14.8 Å². The predicted molar refractivity (Wildman–Crippen MR) is 69.1 cm³/mol. The molecule has 0 radical (unpaired) electrons. The Labute approximate surface area is 105 Å². The second-order valence-corrected chi connectivity index (χ2v) is 4.61. The van der Waals surface area contributed by atoms with Crippen LogP contribution in [0.25, 0.3) is 0 Å². The van der Waals surface area contributed by atoms with E-state index in [2.05, 4.69) is 23.9 Å². The number of pyridine rings is 1. The van der Waals surface area contributed by atoms with E-state index in [-0.39, 0.29) is 6.04 Å². The minimum absolute atomic E-state index is 0.274. The average molecular weight is 251 g/mol. The molecule has 17 heavy (non-hydrogen) atoms. The van der Waals surface area contributed by atoms with E-state index in [1.807, 2.05) is 16.8 Å². The number of nitrogens with zero attached hydrogens (tertiary/aromatic N) is 3. The zero-order valence-corrected chi connectivity index (χ0v) is 10.6. The highest BCUT2D eigenvalue weighted by molar-refractivity contribution is 6.31. The average Bonchev–Trinajstić information content (AvgIpc) is 2.64. The van der Waals surface area contributed by atoms with E-state index in [0.29, 0.717) is 17.3 Å². The summed E-state index contributed by atoms with van der Waals surface area (Å²) in [6, 6.07) is 4.10. The molecule has 0 bridgehead atoms. The zero-order chi connectivity index (χ0) is 12.4. The van der Waals surface area contributed by atoms with Crippen LogP contribution in [0.5, 0.6) is 0 Å². The van der Waals surface area contributed by atoms with Gasteiger partial charge in [0.15, 0.2) is 0 Å². The summed E-state index contributed by atoms with van der Waals surface area (Å²) < 4.78 is 1.91. The van der Waals surface area contributed by atoms with E-state index < -0.39 is 0 Å². The topological polar surface area (TPSA) is 56.7 Å². The van der Waals surface area contributed by atoms with E-state index in [9.17, 15) is 0 Å². The molecule has 2 N–H and O–H groups in total. The van der Waals surface area contributed by atoms with E-state index in [1.165, 1.54) is 0 Å². The molecule has 5 heteroatoms. The third-order valence-corrected chi connectivity index (χ3v) is 2.94. The molecule has 0 unspecified atom stereocenters. The molecule has 2 aromatic rings. The van der Waals surface area contributed by atoms with Gasteiger partial charge >= 0.3 is 0 Å². The maximum atomic E-state index is 6.15. The number of hydrogen-bond acceptors (Lipinski definition) is 3. The Morgan fingerprint density at radius 3 is 2.88 bits per heavy atom. The summed E-state index contributed by atoms with van der Waals surface area (Å²) in [5.74, 6) is 0.542. The van der Waals surface area contributed by atoms with Crippen molar-refractivity contribution in [1.29, 1.82) is 0 Å². The van der Waals surface area contributed by atoms with Crippen LogP contribution in [0.1, 0.15) is 31.1 Å². The molecular weight excluding hydrogens is 236 g/mol. The fraction of sp³-hybridized carbons (Fsp3) is 0.333. The van der Waals surface area contributed by atoms with Gasteiger partial charge in [-0.05, 0) is 19.9 Å². The molecule has 0 amide bonds. The molecule has 0 saturated carbocycles. The van der Waals surface area contributed by atoms with Crippen molar-refractivity contribution in [2.24, 2.45) is 0 Å². The van der Waals surface area contributed by atoms with Crippen LogP contribution in [-0.2, 0) is 6.42 Å². The zero-order valence-electron chi connectivity index (χ0n) is 9.89. The maximum absolute atomic E-state index is 6.15. The fourth-order valence-electron chi connectivity index (χ4n) is 1.76. The van der Waals surface area contributed by atoms with Crippen LogP contribution in [0.15, 0.2) is 24.5 Å². The van der Waals surface area contributed by atoms with E-state index in [1.54, 1.807) is 12.4 Å². The second-order valence-electron chi connectivity index (χ2n) is 4.20. The van der Waals surface area contributed by atoms with Gasteiger partial charge in [0.25, 0.3) is 0 Å². The summed E-state index contributed by atoms with van der Waals surface area (Å²) in [5.41, 5.74) is 7.77. The van der Waals surface area contributed by atoms with Crippen LogP contribution in [-0.4, -0.2) is 14.8 Å². The van der Waals surface area contributed by atoms with Crippen molar-refractivity contribution in [3.63, 3.8) is 0 Å². The first-order valence-corrected chi connectivity index (χ1v) is 5.88. The highest BCUT2D eigenvalue weighted by Crippen LogP contribution is 2.23. The van der Waals surface area contributed by atoms with Gasteiger partial charge in [-0.2, -0.15) is 5.10 Å². The van der Waals surface area contributed by atoms with Gasteiger partial charge in [0.1, 0.15) is 5.82 Å². The van der Waals surface area contributed by atoms with Crippen LogP contribution in [0.2, 0.25) is 5.02 Å². The van der Waals surface area contributed by atoms with Crippen LogP contribution < -0.4 is 5.73 Å². The lowest BCUT2D eigenvalue weighted by molar-refractivity contribution is 0.514. The standard InChI is InChI=1S/C12H15ClN4/c1-8(2)17-11(10(13)7-16-17)6-9-4-3-5-15-12(9)14/h3-5,7-8H,6H2,1-2H3,(H2,14,15). The predicted octanol–water partition coefficient (Wildman–Crippen LogP) is 2.69. The third kappa shape index (κ3) is 2.42. The summed E-state index contributed by atoms with van der Waals surface area (Å²) in [6.45, 7) is 4.14. The Balaban J connectivity index is 2.36. The van der Waals surface area contributed by atoms with Gasteiger partial charge in [-0.25, -0.2) is 4.98 Å². The first kappa shape index (κ1) is 11.9. The highest BCUT2D eigenvalue weighted by atomic mass is 35.5. The molecule has 0 spiro atoms. The molecular formula is C12H15ClN4. The molecule has 0 saturated heterocycles. The Morgan fingerprint density at radius 1 is 1.47 bits per heavy atom. The summed E-state index contributed by atoms with van der Waals surface area (Å²) in [4.78, 5) is 4.07. The van der Waals surface area contributed by atoms with Gasteiger partial charge in [-0.15, -0.1) is 0 Å². The monoisotopic (exact) mass is 250 g/mol. The SMILES string of the molecule is CC(C)n1ncc(Cl)c1Cc1cccnc1N. The number of nitrogen functional groups attached to an aromatic ring is 1. The number of rotatable bonds is 3. The van der Waals surface area contributed by atoms with Gasteiger partial charge in [0.05, 0.1) is 16.9 Å². The minimum atomic E-state index is 0.274. The molecule has 0 aliphatic carbocycles. The number of anilines is 1. The molecule has 0 aliphatic rings. The maximum Gasteiger partial charge on any atom is 0.126 e. The quantitative estimate of drug-likeness (QED) is 0.911. The van der Waals surface area contributed by atoms with E-state index in [0.717, 1.165) is 11.3 Å². The second kappa shape index (κ2) is 4.75. The van der Waals surface area contributed by atoms with E-state index >= 15 is 0 Å². The third-order valence-electron chi connectivity index (χ3n) is 2.62. The normalized spacial score (nSPS) is 11.1. The molecule has 0 aliphatic heterocycles. The van der Waals surface area contributed by atoms with Crippen LogP contribution in [0.4, 0.5) is 5.82 Å². The first-order valence-electron chi connectivity index (χ1n) is 5.51. The summed E-state index contributed by atoms with van der Waals surface area (Å²) in [7, 11) is 0. The highest BCUT2D eigenvalue weighted by Gasteiger charge is 2.13. The fourth-order valence-corrected chi connectivity index (χ4v) is 1.95. The van der Waals surface area contributed by atoms with Crippen LogP contribution in [0, 0.1) is 0 Å². The molecule has 0 fully saturated rings. The Bertz CT molecular complexity index is 519. The number of nitrogens with two attached hydrogens (primary N) is 1. The lowest BCUT2D eigenvalue weighted by atomic mass is 10.1. The van der Waals surface area contributed by atoms with Gasteiger partial charge in [0.2, 0.25) is 0 Å². The Hall–Kier alpha value is -1.55. The molecule has 90 valence electrons. The van der Waals surface area contributed by atoms with Crippen molar-refractivity contribution in [2.45, 2.75) is 26.3 Å². The van der Waals surface area contributed by atoms with Crippen molar-refractivity contribution in [3.05, 3.63) is 40.8 Å². The van der Waals surface area contributed by atoms with Gasteiger partial charge < -0.3 is 5.73 Å². The molecule has 2 aromatic heterocycles. The van der Waals surface area contributed by atoms with Gasteiger partial charge in [-0.3, -0.25) is 4.68 Å². The molecule has 2 rings (SSSR count). The number of halogens is 1. The van der Waals surface area contributed by atoms with Gasteiger partial charge in [-0.1, -0.05) is 17.7 Å². The molecule has 0 aromatic carbocycles. The van der Waals surface area contributed by atoms with Crippen molar-refractivity contribution in [2.75, 3.05) is 5.73 Å². The Kier molecular flexibility index (Phi) is 3.33. The van der Waals surface area contributed by atoms with Crippen LogP contribution >= 0.6 is 11.6 Å². The molecule has 4 nitrogen and oxygen atoms in total.